The second-order valence-electron chi connectivity index (χ2n) is 5.93. The maximum atomic E-state index is 12.0. The minimum absolute atomic E-state index is 0.0994. The number of carboxylic acids is 1. The monoisotopic (exact) mass is 249 g/mol. The fraction of sp³-hybridized carbons (Fsp3) is 0.571. The highest BCUT2D eigenvalue weighted by Crippen LogP contribution is 2.52. The number of carbonyl (C=O) groups is 1. The molecule has 98 valence electrons. The van der Waals surface area contributed by atoms with Crippen LogP contribution >= 0.6 is 0 Å². The first-order chi connectivity index (χ1) is 8.24. The topological polar surface area (TPSA) is 59.3 Å². The molecule has 1 atom stereocenters. The molecule has 1 saturated carbocycles. The quantitative estimate of drug-likeness (QED) is 0.893. The van der Waals surface area contributed by atoms with Gasteiger partial charge in [0, 0.05) is 18.3 Å². The van der Waals surface area contributed by atoms with Gasteiger partial charge in [-0.3, -0.25) is 4.79 Å². The number of hydrogen-bond acceptors (Lipinski definition) is 2. The maximum absolute atomic E-state index is 12.0. The summed E-state index contributed by atoms with van der Waals surface area (Å²) in [4.78, 5) is 23.2. The van der Waals surface area contributed by atoms with Crippen LogP contribution in [0, 0.1) is 25.2 Å². The van der Waals surface area contributed by atoms with Crippen molar-refractivity contribution < 1.29 is 9.90 Å². The minimum Gasteiger partial charge on any atom is -0.478 e. The maximum Gasteiger partial charge on any atom is 0.337 e. The third-order valence-corrected chi connectivity index (χ3v) is 4.10. The van der Waals surface area contributed by atoms with E-state index < -0.39 is 5.97 Å². The van der Waals surface area contributed by atoms with Gasteiger partial charge in [-0.15, -0.1) is 0 Å². The molecule has 1 heterocycles. The molecular formula is C14H19NO3. The second-order valence-corrected chi connectivity index (χ2v) is 5.93. The molecule has 0 aliphatic heterocycles. The average Bonchev–Trinajstić information content (AvgIpc) is 2.79. The number of carboxylic acid groups (broad SMARTS) is 1. The van der Waals surface area contributed by atoms with Crippen LogP contribution in [-0.2, 0) is 6.54 Å². The Balaban J connectivity index is 2.45. The van der Waals surface area contributed by atoms with Crippen molar-refractivity contribution in [3.8, 4) is 0 Å². The van der Waals surface area contributed by atoms with Crippen molar-refractivity contribution in [2.45, 2.75) is 40.7 Å². The molecule has 1 fully saturated rings. The second kappa shape index (κ2) is 3.97. The zero-order valence-electron chi connectivity index (χ0n) is 11.3. The molecule has 4 nitrogen and oxygen atoms in total. The van der Waals surface area contributed by atoms with Crippen LogP contribution in [-0.4, -0.2) is 15.6 Å². The molecule has 0 radical (unpaired) electrons. The lowest BCUT2D eigenvalue weighted by Crippen LogP contribution is -2.26. The van der Waals surface area contributed by atoms with Gasteiger partial charge >= 0.3 is 5.97 Å². The van der Waals surface area contributed by atoms with E-state index in [1.807, 2.05) is 0 Å². The van der Waals surface area contributed by atoms with Gasteiger partial charge in [0.2, 0.25) is 0 Å². The van der Waals surface area contributed by atoms with Crippen LogP contribution in [0.4, 0.5) is 0 Å². The Labute approximate surface area is 106 Å². The Hall–Kier alpha value is -1.58. The highest BCUT2D eigenvalue weighted by atomic mass is 16.4. The van der Waals surface area contributed by atoms with Crippen LogP contribution in [0.1, 0.15) is 41.9 Å². The third kappa shape index (κ3) is 2.07. The molecule has 0 bridgehead atoms. The van der Waals surface area contributed by atoms with Crippen LogP contribution < -0.4 is 5.56 Å². The number of pyridine rings is 1. The van der Waals surface area contributed by atoms with Crippen molar-refractivity contribution in [1.29, 1.82) is 0 Å². The number of nitrogens with zero attached hydrogens (tertiary/aromatic N) is 1. The van der Waals surface area contributed by atoms with E-state index in [1.54, 1.807) is 18.4 Å². The zero-order valence-corrected chi connectivity index (χ0v) is 11.3. The first kappa shape index (κ1) is 12.9. The number of aromatic carboxylic acids is 1. The molecule has 0 aromatic carbocycles. The zero-order chi connectivity index (χ0) is 13.7. The van der Waals surface area contributed by atoms with Crippen molar-refractivity contribution in [2.75, 3.05) is 0 Å². The summed E-state index contributed by atoms with van der Waals surface area (Å²) in [6.45, 7) is 8.35. The summed E-state index contributed by atoms with van der Waals surface area (Å²) in [5.41, 5.74) is 1.54. The Bertz CT molecular complexity index is 569. The van der Waals surface area contributed by atoms with Crippen molar-refractivity contribution in [3.05, 3.63) is 33.2 Å². The van der Waals surface area contributed by atoms with Crippen LogP contribution in [0.25, 0.3) is 0 Å². The number of aryl methyl sites for hydroxylation is 1. The van der Waals surface area contributed by atoms with Crippen LogP contribution in [0.5, 0.6) is 0 Å². The Morgan fingerprint density at radius 3 is 2.50 bits per heavy atom. The molecule has 1 aromatic rings. The van der Waals surface area contributed by atoms with Crippen LogP contribution in [0.3, 0.4) is 0 Å². The summed E-state index contributed by atoms with van der Waals surface area (Å²) in [7, 11) is 0. The van der Waals surface area contributed by atoms with Gasteiger partial charge in [-0.25, -0.2) is 4.79 Å². The van der Waals surface area contributed by atoms with Crippen molar-refractivity contribution in [3.63, 3.8) is 0 Å². The summed E-state index contributed by atoms with van der Waals surface area (Å²) >= 11 is 0. The lowest BCUT2D eigenvalue weighted by Gasteiger charge is -2.14. The molecule has 0 spiro atoms. The average molecular weight is 249 g/mol. The normalized spacial score (nSPS) is 20.8. The molecule has 18 heavy (non-hydrogen) atoms. The van der Waals surface area contributed by atoms with Gasteiger partial charge < -0.3 is 9.67 Å². The van der Waals surface area contributed by atoms with Gasteiger partial charge in [-0.05, 0) is 37.2 Å². The molecule has 1 aliphatic carbocycles. The summed E-state index contributed by atoms with van der Waals surface area (Å²) in [6, 6.07) is 1.42. The number of aromatic nitrogens is 1. The molecule has 0 saturated heterocycles. The molecule has 1 N–H and O–H groups in total. The lowest BCUT2D eigenvalue weighted by molar-refractivity contribution is 0.0694. The van der Waals surface area contributed by atoms with Gasteiger partial charge in [0.05, 0.1) is 5.56 Å². The summed E-state index contributed by atoms with van der Waals surface area (Å²) in [5.74, 6) is -0.493. The van der Waals surface area contributed by atoms with E-state index in [2.05, 4.69) is 13.8 Å². The lowest BCUT2D eigenvalue weighted by atomic mass is 10.1. The van der Waals surface area contributed by atoms with E-state index in [9.17, 15) is 14.7 Å². The van der Waals surface area contributed by atoms with Crippen LogP contribution in [0.2, 0.25) is 0 Å². The van der Waals surface area contributed by atoms with Gasteiger partial charge in [0.1, 0.15) is 0 Å². The standard InChI is InChI=1S/C14H19NO3/c1-8-5-11(16)15(7-10-6-14(10,3)4)9(2)12(8)13(17)18/h5,10H,6-7H2,1-4H3,(H,17,18). The predicted molar refractivity (Wildman–Crippen MR) is 69.0 cm³/mol. The fourth-order valence-electron chi connectivity index (χ4n) is 2.58. The van der Waals surface area contributed by atoms with Gasteiger partial charge in [-0.2, -0.15) is 0 Å². The Morgan fingerprint density at radius 2 is 2.06 bits per heavy atom. The highest BCUT2D eigenvalue weighted by Gasteiger charge is 2.45. The molecule has 0 amide bonds. The first-order valence-corrected chi connectivity index (χ1v) is 6.18. The van der Waals surface area contributed by atoms with E-state index in [-0.39, 0.29) is 16.5 Å². The van der Waals surface area contributed by atoms with Crippen molar-refractivity contribution in [1.82, 2.24) is 4.57 Å². The Kier molecular flexibility index (Phi) is 2.84. The van der Waals surface area contributed by atoms with Gasteiger partial charge in [0.25, 0.3) is 5.56 Å². The van der Waals surface area contributed by atoms with Crippen LogP contribution in [0.15, 0.2) is 10.9 Å². The molecule has 4 heteroatoms. The summed E-state index contributed by atoms with van der Waals surface area (Å²) < 4.78 is 1.61. The van der Waals surface area contributed by atoms with Crippen molar-refractivity contribution >= 4 is 5.97 Å². The largest absolute Gasteiger partial charge is 0.478 e. The molecule has 1 aliphatic rings. The van der Waals surface area contributed by atoms with E-state index in [0.717, 1.165) is 6.42 Å². The molecule has 1 unspecified atom stereocenters. The van der Waals surface area contributed by atoms with E-state index in [0.29, 0.717) is 23.7 Å². The molecular weight excluding hydrogens is 230 g/mol. The molecule has 2 rings (SSSR count). The SMILES string of the molecule is Cc1cc(=O)n(CC2CC2(C)C)c(C)c1C(=O)O. The van der Waals surface area contributed by atoms with E-state index in [1.165, 1.54) is 6.07 Å². The van der Waals surface area contributed by atoms with Gasteiger partial charge in [-0.1, -0.05) is 13.8 Å². The van der Waals surface area contributed by atoms with E-state index >= 15 is 0 Å². The minimum atomic E-state index is -0.964. The third-order valence-electron chi connectivity index (χ3n) is 4.10. The predicted octanol–water partition coefficient (Wildman–Crippen LogP) is 2.21. The Morgan fingerprint density at radius 1 is 1.50 bits per heavy atom. The molecule has 1 aromatic heterocycles. The van der Waals surface area contributed by atoms with Crippen molar-refractivity contribution in [2.24, 2.45) is 11.3 Å². The van der Waals surface area contributed by atoms with Gasteiger partial charge in [0.15, 0.2) is 0 Å². The summed E-state index contributed by atoms with van der Waals surface area (Å²) in [6.07, 6.45) is 1.09. The smallest absolute Gasteiger partial charge is 0.337 e. The fourth-order valence-corrected chi connectivity index (χ4v) is 2.58. The number of rotatable bonds is 3. The first-order valence-electron chi connectivity index (χ1n) is 6.18. The highest BCUT2D eigenvalue weighted by molar-refractivity contribution is 5.90. The number of hydrogen-bond donors (Lipinski definition) is 1. The summed E-state index contributed by atoms with van der Waals surface area (Å²) in [5, 5.41) is 9.20. The van der Waals surface area contributed by atoms with E-state index in [4.69, 9.17) is 0 Å².